The smallest absolute Gasteiger partial charge is 0.452 e. The summed E-state index contributed by atoms with van der Waals surface area (Å²) < 4.78 is 43.5. The summed E-state index contributed by atoms with van der Waals surface area (Å²) in [4.78, 5) is 29.8. The van der Waals surface area contributed by atoms with E-state index in [1.807, 2.05) is 0 Å². The lowest BCUT2D eigenvalue weighted by Gasteiger charge is -2.34. The Morgan fingerprint density at radius 2 is 1.81 bits per heavy atom. The van der Waals surface area contributed by atoms with E-state index in [1.165, 1.54) is 24.0 Å². The largest absolute Gasteiger partial charge is 0.476 e. The minimum atomic E-state index is -4.81. The molecule has 9 nitrogen and oxygen atoms in total. The van der Waals surface area contributed by atoms with Gasteiger partial charge in [0.05, 0.1) is 0 Å². The van der Waals surface area contributed by atoms with Gasteiger partial charge in [-0.05, 0) is 12.1 Å². The molecule has 0 radical (unpaired) electrons. The van der Waals surface area contributed by atoms with Gasteiger partial charge in [-0.1, -0.05) is 0 Å². The summed E-state index contributed by atoms with van der Waals surface area (Å²) >= 11 is 0. The number of anilines is 1. The zero-order chi connectivity index (χ0) is 19.8. The lowest BCUT2D eigenvalue weighted by Crippen LogP contribution is -2.49. The van der Waals surface area contributed by atoms with E-state index in [9.17, 15) is 22.8 Å². The molecule has 1 fully saturated rings. The minimum Gasteiger partial charge on any atom is -0.476 e. The summed E-state index contributed by atoms with van der Waals surface area (Å²) in [5, 5.41) is 16.2. The Morgan fingerprint density at radius 3 is 2.33 bits per heavy atom. The molecule has 0 saturated carbocycles. The predicted molar refractivity (Wildman–Crippen MR) is 83.3 cm³/mol. The first-order valence-electron chi connectivity index (χ1n) is 7.82. The lowest BCUT2D eigenvalue weighted by atomic mass is 10.2. The van der Waals surface area contributed by atoms with E-state index in [1.54, 1.807) is 4.90 Å². The third-order valence-electron chi connectivity index (χ3n) is 3.95. The number of aromatic carboxylic acids is 1. The Balaban J connectivity index is 1.69. The van der Waals surface area contributed by atoms with Crippen LogP contribution in [0.2, 0.25) is 0 Å². The maximum atomic E-state index is 13.0. The standard InChI is InChI=1S/C15H14F3N5O4/c1-8-19-11(12(27-8)15(16,17)18)13(24)23-6-4-22(5-7-23)10-3-2-9(14(25)26)20-21-10/h2-3H,4-7H2,1H3,(H,25,26). The van der Waals surface area contributed by atoms with Crippen molar-refractivity contribution in [2.45, 2.75) is 13.1 Å². The number of carbonyl (C=O) groups is 2. The molecule has 1 aliphatic heterocycles. The van der Waals surface area contributed by atoms with Crippen molar-refractivity contribution < 1.29 is 32.3 Å². The Labute approximate surface area is 150 Å². The van der Waals surface area contributed by atoms with Gasteiger partial charge in [0.1, 0.15) is 0 Å². The molecule has 1 aliphatic rings. The zero-order valence-corrected chi connectivity index (χ0v) is 14.0. The number of oxazole rings is 1. The number of hydrogen-bond donors (Lipinski definition) is 1. The van der Waals surface area contributed by atoms with E-state index < -0.39 is 29.5 Å². The second-order valence-corrected chi connectivity index (χ2v) is 5.77. The van der Waals surface area contributed by atoms with Crippen LogP contribution < -0.4 is 4.90 Å². The number of alkyl halides is 3. The van der Waals surface area contributed by atoms with Crippen molar-refractivity contribution in [3.8, 4) is 0 Å². The highest BCUT2D eigenvalue weighted by Crippen LogP contribution is 2.33. The van der Waals surface area contributed by atoms with Crippen LogP contribution >= 0.6 is 0 Å². The Kier molecular flexibility index (Phi) is 4.72. The van der Waals surface area contributed by atoms with Gasteiger partial charge >= 0.3 is 12.1 Å². The predicted octanol–water partition coefficient (Wildman–Crippen LogP) is 1.45. The molecular formula is C15H14F3N5O4. The van der Waals surface area contributed by atoms with Crippen LogP contribution in [0.3, 0.4) is 0 Å². The number of aryl methyl sites for hydroxylation is 1. The van der Waals surface area contributed by atoms with Crippen LogP contribution in [0.5, 0.6) is 0 Å². The number of carboxylic acids is 1. The first kappa shape index (κ1) is 18.6. The lowest BCUT2D eigenvalue weighted by molar-refractivity contribution is -0.153. The molecule has 0 aliphatic carbocycles. The molecule has 1 saturated heterocycles. The number of hydrogen-bond acceptors (Lipinski definition) is 7. The van der Waals surface area contributed by atoms with Crippen LogP contribution in [-0.2, 0) is 6.18 Å². The van der Waals surface area contributed by atoms with Gasteiger partial charge in [-0.3, -0.25) is 4.79 Å². The van der Waals surface area contributed by atoms with E-state index in [4.69, 9.17) is 5.11 Å². The third kappa shape index (κ3) is 3.83. The fourth-order valence-electron chi connectivity index (χ4n) is 2.66. The molecule has 1 amide bonds. The molecule has 1 N–H and O–H groups in total. The SMILES string of the molecule is Cc1nc(C(=O)N2CCN(c3ccc(C(=O)O)nn3)CC2)c(C(F)(F)F)o1. The van der Waals surface area contributed by atoms with Gasteiger partial charge in [0.2, 0.25) is 5.76 Å². The van der Waals surface area contributed by atoms with Crippen LogP contribution in [0.25, 0.3) is 0 Å². The van der Waals surface area contributed by atoms with Crippen molar-refractivity contribution in [2.24, 2.45) is 0 Å². The molecule has 0 aromatic carbocycles. The third-order valence-corrected chi connectivity index (χ3v) is 3.95. The maximum Gasteiger partial charge on any atom is 0.452 e. The number of nitrogens with zero attached hydrogens (tertiary/aromatic N) is 5. The number of carbonyl (C=O) groups excluding carboxylic acids is 1. The number of carboxylic acid groups (broad SMARTS) is 1. The van der Waals surface area contributed by atoms with Gasteiger partial charge in [0.25, 0.3) is 5.91 Å². The molecular weight excluding hydrogens is 371 g/mol. The summed E-state index contributed by atoms with van der Waals surface area (Å²) in [6, 6.07) is 2.78. The topological polar surface area (TPSA) is 113 Å². The highest BCUT2D eigenvalue weighted by atomic mass is 19.4. The van der Waals surface area contributed by atoms with Gasteiger partial charge in [0, 0.05) is 33.1 Å². The number of aromatic nitrogens is 3. The van der Waals surface area contributed by atoms with Crippen molar-refractivity contribution in [2.75, 3.05) is 31.1 Å². The van der Waals surface area contributed by atoms with Crippen molar-refractivity contribution in [3.05, 3.63) is 35.2 Å². The van der Waals surface area contributed by atoms with Gasteiger partial charge in [-0.15, -0.1) is 10.2 Å². The fraction of sp³-hybridized carbons (Fsp3) is 0.400. The average Bonchev–Trinajstić information content (AvgIpc) is 3.03. The molecule has 2 aromatic rings. The maximum absolute atomic E-state index is 13.0. The number of amides is 1. The molecule has 3 heterocycles. The monoisotopic (exact) mass is 385 g/mol. The van der Waals surface area contributed by atoms with Crippen molar-refractivity contribution in [1.82, 2.24) is 20.1 Å². The summed E-state index contributed by atoms with van der Waals surface area (Å²) in [5.74, 6) is -3.28. The first-order chi connectivity index (χ1) is 12.7. The van der Waals surface area contributed by atoms with Crippen molar-refractivity contribution in [3.63, 3.8) is 0 Å². The van der Waals surface area contributed by atoms with Crippen LogP contribution in [0.1, 0.15) is 32.6 Å². The summed E-state index contributed by atoms with van der Waals surface area (Å²) in [5.41, 5.74) is -0.951. The highest BCUT2D eigenvalue weighted by molar-refractivity contribution is 5.93. The highest BCUT2D eigenvalue weighted by Gasteiger charge is 2.42. The van der Waals surface area contributed by atoms with Crippen LogP contribution in [0.15, 0.2) is 16.5 Å². The molecule has 3 rings (SSSR count). The van der Waals surface area contributed by atoms with Gasteiger partial charge in [-0.25, -0.2) is 9.78 Å². The summed E-state index contributed by atoms with van der Waals surface area (Å²) in [6.07, 6.45) is -4.81. The molecule has 144 valence electrons. The molecule has 0 unspecified atom stereocenters. The summed E-state index contributed by atoms with van der Waals surface area (Å²) in [6.45, 7) is 2.12. The van der Waals surface area contributed by atoms with E-state index in [0.29, 0.717) is 18.9 Å². The second kappa shape index (κ2) is 6.85. The zero-order valence-electron chi connectivity index (χ0n) is 14.0. The molecule has 2 aromatic heterocycles. The van der Waals surface area contributed by atoms with E-state index in [-0.39, 0.29) is 24.7 Å². The van der Waals surface area contributed by atoms with Crippen LogP contribution in [0.4, 0.5) is 19.0 Å². The molecule has 27 heavy (non-hydrogen) atoms. The second-order valence-electron chi connectivity index (χ2n) is 5.77. The quantitative estimate of drug-likeness (QED) is 0.845. The van der Waals surface area contributed by atoms with Gasteiger partial charge in [-0.2, -0.15) is 13.2 Å². The van der Waals surface area contributed by atoms with E-state index in [2.05, 4.69) is 19.6 Å². The van der Waals surface area contributed by atoms with Crippen molar-refractivity contribution in [1.29, 1.82) is 0 Å². The fourth-order valence-corrected chi connectivity index (χ4v) is 2.66. The van der Waals surface area contributed by atoms with E-state index >= 15 is 0 Å². The Bertz CT molecular complexity index is 857. The molecule has 0 atom stereocenters. The molecule has 0 bridgehead atoms. The van der Waals surface area contributed by atoms with E-state index in [0.717, 1.165) is 0 Å². The average molecular weight is 385 g/mol. The molecule has 12 heteroatoms. The minimum absolute atomic E-state index is 0.143. The van der Waals surface area contributed by atoms with Crippen LogP contribution in [0, 0.1) is 6.92 Å². The number of halogens is 3. The van der Waals surface area contributed by atoms with Gasteiger partial charge in [0.15, 0.2) is 23.1 Å². The number of rotatable bonds is 3. The molecule has 0 spiro atoms. The Hall–Kier alpha value is -3.18. The first-order valence-corrected chi connectivity index (χ1v) is 7.82. The Morgan fingerprint density at radius 1 is 1.15 bits per heavy atom. The summed E-state index contributed by atoms with van der Waals surface area (Å²) in [7, 11) is 0. The number of piperazine rings is 1. The van der Waals surface area contributed by atoms with Crippen LogP contribution in [-0.4, -0.2) is 63.2 Å². The van der Waals surface area contributed by atoms with Gasteiger partial charge < -0.3 is 19.3 Å². The van der Waals surface area contributed by atoms with Crippen molar-refractivity contribution >= 4 is 17.7 Å². The normalized spacial score (nSPS) is 15.1.